The van der Waals surface area contributed by atoms with Gasteiger partial charge in [-0.1, -0.05) is 6.07 Å². The van der Waals surface area contributed by atoms with Crippen LogP contribution in [0.25, 0.3) is 0 Å². The van der Waals surface area contributed by atoms with Gasteiger partial charge >= 0.3 is 5.97 Å². The van der Waals surface area contributed by atoms with Crippen molar-refractivity contribution in [1.29, 1.82) is 0 Å². The molecule has 0 unspecified atom stereocenters. The van der Waals surface area contributed by atoms with E-state index in [1.54, 1.807) is 18.6 Å². The molecule has 0 N–H and O–H groups in total. The normalized spacial score (nSPS) is 10.2. The van der Waals surface area contributed by atoms with Crippen molar-refractivity contribution in [2.24, 2.45) is 0 Å². The van der Waals surface area contributed by atoms with Crippen molar-refractivity contribution in [2.45, 2.75) is 6.54 Å². The number of aromatic nitrogens is 2. The monoisotopic (exact) mass is 294 g/mol. The summed E-state index contributed by atoms with van der Waals surface area (Å²) >= 11 is 3.37. The van der Waals surface area contributed by atoms with E-state index in [0.29, 0.717) is 5.56 Å². The molecule has 0 saturated heterocycles. The van der Waals surface area contributed by atoms with Crippen LogP contribution in [0.2, 0.25) is 0 Å². The minimum Gasteiger partial charge on any atom is -0.465 e. The van der Waals surface area contributed by atoms with Gasteiger partial charge in [-0.3, -0.25) is 0 Å². The highest BCUT2D eigenvalue weighted by atomic mass is 79.9. The number of hydrogen-bond donors (Lipinski definition) is 0. The Labute approximate surface area is 107 Å². The Morgan fingerprint density at radius 2 is 2.35 bits per heavy atom. The Balaban J connectivity index is 2.22. The van der Waals surface area contributed by atoms with E-state index < -0.39 is 0 Å². The number of nitrogens with zero attached hydrogens (tertiary/aromatic N) is 2. The van der Waals surface area contributed by atoms with Crippen molar-refractivity contribution in [3.63, 3.8) is 0 Å². The Morgan fingerprint density at radius 3 is 2.94 bits per heavy atom. The molecule has 0 saturated carbocycles. The van der Waals surface area contributed by atoms with Crippen LogP contribution in [0.1, 0.15) is 15.9 Å². The van der Waals surface area contributed by atoms with Crippen LogP contribution in [0.5, 0.6) is 0 Å². The average molecular weight is 295 g/mol. The molecule has 1 aromatic heterocycles. The van der Waals surface area contributed by atoms with E-state index in [0.717, 1.165) is 16.6 Å². The van der Waals surface area contributed by atoms with Crippen molar-refractivity contribution >= 4 is 21.9 Å². The summed E-state index contributed by atoms with van der Waals surface area (Å²) in [7, 11) is 1.37. The van der Waals surface area contributed by atoms with Crippen LogP contribution >= 0.6 is 15.9 Å². The molecule has 0 radical (unpaired) electrons. The Hall–Kier alpha value is -1.62. The highest BCUT2D eigenvalue weighted by Gasteiger charge is 2.10. The second kappa shape index (κ2) is 5.14. The third-order valence-corrected chi connectivity index (χ3v) is 3.02. The third kappa shape index (κ3) is 2.74. The second-order valence-electron chi connectivity index (χ2n) is 3.54. The van der Waals surface area contributed by atoms with Crippen molar-refractivity contribution in [2.75, 3.05) is 7.11 Å². The fourth-order valence-corrected chi connectivity index (χ4v) is 2.11. The van der Waals surface area contributed by atoms with Crippen LogP contribution in [0, 0.1) is 0 Å². The minimum absolute atomic E-state index is 0.342. The van der Waals surface area contributed by atoms with Crippen molar-refractivity contribution in [3.8, 4) is 0 Å². The summed E-state index contributed by atoms with van der Waals surface area (Å²) in [5.74, 6) is -0.342. The maximum atomic E-state index is 11.4. The molecule has 1 heterocycles. The van der Waals surface area contributed by atoms with Gasteiger partial charge in [-0.2, -0.15) is 0 Å². The van der Waals surface area contributed by atoms with Gasteiger partial charge in [0, 0.05) is 23.4 Å². The van der Waals surface area contributed by atoms with Crippen LogP contribution in [-0.2, 0) is 11.3 Å². The van der Waals surface area contributed by atoms with E-state index >= 15 is 0 Å². The molecule has 0 aliphatic rings. The summed E-state index contributed by atoms with van der Waals surface area (Å²) in [6.07, 6.45) is 5.38. The minimum atomic E-state index is -0.342. The van der Waals surface area contributed by atoms with Crippen LogP contribution < -0.4 is 0 Å². The predicted molar refractivity (Wildman–Crippen MR) is 66.8 cm³/mol. The zero-order valence-corrected chi connectivity index (χ0v) is 10.8. The number of imidazole rings is 1. The zero-order chi connectivity index (χ0) is 12.3. The van der Waals surface area contributed by atoms with E-state index in [2.05, 4.69) is 25.7 Å². The maximum absolute atomic E-state index is 11.4. The zero-order valence-electron chi connectivity index (χ0n) is 9.26. The first-order valence-electron chi connectivity index (χ1n) is 5.03. The molecular weight excluding hydrogens is 284 g/mol. The van der Waals surface area contributed by atoms with Crippen LogP contribution in [0.15, 0.2) is 41.4 Å². The molecule has 0 bridgehead atoms. The van der Waals surface area contributed by atoms with Gasteiger partial charge < -0.3 is 9.30 Å². The number of methoxy groups -OCH3 is 1. The molecular formula is C12H11BrN2O2. The number of benzene rings is 1. The quantitative estimate of drug-likeness (QED) is 0.817. The summed E-state index contributed by atoms with van der Waals surface area (Å²) in [6.45, 7) is 0.722. The SMILES string of the molecule is COC(=O)c1ccc(Cn2ccnc2)cc1Br. The van der Waals surface area contributed by atoms with Crippen molar-refractivity contribution in [1.82, 2.24) is 9.55 Å². The first-order valence-corrected chi connectivity index (χ1v) is 5.82. The summed E-state index contributed by atoms with van der Waals surface area (Å²) in [5.41, 5.74) is 1.62. The lowest BCUT2D eigenvalue weighted by atomic mass is 10.1. The lowest BCUT2D eigenvalue weighted by Crippen LogP contribution is -2.03. The van der Waals surface area contributed by atoms with Crippen molar-refractivity contribution < 1.29 is 9.53 Å². The van der Waals surface area contributed by atoms with Gasteiger partial charge in [-0.25, -0.2) is 9.78 Å². The summed E-state index contributed by atoms with van der Waals surface area (Å²) in [5, 5.41) is 0. The number of rotatable bonds is 3. The molecule has 17 heavy (non-hydrogen) atoms. The van der Waals surface area contributed by atoms with Crippen LogP contribution in [0.3, 0.4) is 0 Å². The van der Waals surface area contributed by atoms with Crippen molar-refractivity contribution in [3.05, 3.63) is 52.5 Å². The molecule has 4 nitrogen and oxygen atoms in total. The molecule has 0 spiro atoms. The Morgan fingerprint density at radius 1 is 1.53 bits per heavy atom. The number of carbonyl (C=O) groups excluding carboxylic acids is 1. The third-order valence-electron chi connectivity index (χ3n) is 2.36. The number of ether oxygens (including phenoxy) is 1. The Kier molecular flexibility index (Phi) is 3.58. The summed E-state index contributed by atoms with van der Waals surface area (Å²) < 4.78 is 7.37. The topological polar surface area (TPSA) is 44.1 Å². The standard InChI is InChI=1S/C12H11BrN2O2/c1-17-12(16)10-3-2-9(6-11(10)13)7-15-5-4-14-8-15/h2-6,8H,7H2,1H3. The van der Waals surface area contributed by atoms with Crippen LogP contribution in [0.4, 0.5) is 0 Å². The fourth-order valence-electron chi connectivity index (χ4n) is 1.52. The summed E-state index contributed by atoms with van der Waals surface area (Å²) in [4.78, 5) is 15.4. The van der Waals surface area contributed by atoms with Gasteiger partial charge in [-0.15, -0.1) is 0 Å². The average Bonchev–Trinajstić information content (AvgIpc) is 2.81. The highest BCUT2D eigenvalue weighted by molar-refractivity contribution is 9.10. The lowest BCUT2D eigenvalue weighted by Gasteiger charge is -2.06. The number of esters is 1. The molecule has 0 atom stereocenters. The van der Waals surface area contributed by atoms with E-state index in [1.807, 2.05) is 22.9 Å². The van der Waals surface area contributed by atoms with Gasteiger partial charge in [-0.05, 0) is 33.6 Å². The molecule has 5 heteroatoms. The molecule has 1 aromatic carbocycles. The maximum Gasteiger partial charge on any atom is 0.339 e. The molecule has 0 amide bonds. The summed E-state index contributed by atoms with van der Waals surface area (Å²) in [6, 6.07) is 5.56. The van der Waals surface area contributed by atoms with Gasteiger partial charge in [0.2, 0.25) is 0 Å². The van der Waals surface area contributed by atoms with Gasteiger partial charge in [0.25, 0.3) is 0 Å². The van der Waals surface area contributed by atoms with E-state index in [1.165, 1.54) is 7.11 Å². The largest absolute Gasteiger partial charge is 0.465 e. The number of hydrogen-bond acceptors (Lipinski definition) is 3. The van der Waals surface area contributed by atoms with E-state index in [4.69, 9.17) is 0 Å². The first kappa shape index (κ1) is 11.9. The number of halogens is 1. The van der Waals surface area contributed by atoms with Gasteiger partial charge in [0.1, 0.15) is 0 Å². The van der Waals surface area contributed by atoms with Gasteiger partial charge in [0.15, 0.2) is 0 Å². The van der Waals surface area contributed by atoms with E-state index in [-0.39, 0.29) is 5.97 Å². The Bertz CT molecular complexity index is 523. The molecule has 2 rings (SSSR count). The predicted octanol–water partition coefficient (Wildman–Crippen LogP) is 2.48. The molecule has 0 fully saturated rings. The smallest absolute Gasteiger partial charge is 0.339 e. The van der Waals surface area contributed by atoms with Gasteiger partial charge in [0.05, 0.1) is 19.0 Å². The highest BCUT2D eigenvalue weighted by Crippen LogP contribution is 2.20. The molecule has 2 aromatic rings. The van der Waals surface area contributed by atoms with E-state index in [9.17, 15) is 4.79 Å². The fraction of sp³-hybridized carbons (Fsp3) is 0.167. The second-order valence-corrected chi connectivity index (χ2v) is 4.40. The molecule has 0 aliphatic heterocycles. The number of carbonyl (C=O) groups is 1. The first-order chi connectivity index (χ1) is 8.20. The lowest BCUT2D eigenvalue weighted by molar-refractivity contribution is 0.0599. The molecule has 88 valence electrons. The molecule has 0 aliphatic carbocycles. The van der Waals surface area contributed by atoms with Crippen LogP contribution in [-0.4, -0.2) is 22.6 Å².